The van der Waals surface area contributed by atoms with Gasteiger partial charge in [0.05, 0.1) is 55.5 Å². The molecule has 0 amide bonds. The number of esters is 4. The van der Waals surface area contributed by atoms with Gasteiger partial charge in [-0.05, 0) is 25.7 Å². The second-order valence-corrected chi connectivity index (χ2v) is 32.9. The standard InChI is InChI=1S/C40H80NO8P.C38H76NO8P/c1-6-8-10-12-14-16-18-19-20-21-23-25-27-29-31-33-40(43)49-38(37-48-50(44,45)47-35-34-41(3,4)5)36-46-39(42)32-30-28-26-24-22-17-15-13-11-9-7-2;1-6-8-10-12-14-16-18-19-21-23-25-27-29-31-38(41)47-36(35-46-48(42,43)45-33-32-39(3,4)5)34-44-37(40)30-28-26-24-22-20-17-15-13-11-9-7-2/h38H,6-37H2,1-5H3;36H,6-35H2,1-5H3/t38-;36-/m11/s1. The van der Waals surface area contributed by atoms with Gasteiger partial charge in [-0.3, -0.25) is 28.3 Å². The smallest absolute Gasteiger partial charge is 0.306 e. The van der Waals surface area contributed by atoms with Gasteiger partial charge in [0, 0.05) is 25.7 Å². The third-order valence-electron chi connectivity index (χ3n) is 17.8. The lowest BCUT2D eigenvalue weighted by Crippen LogP contribution is -2.37. The van der Waals surface area contributed by atoms with E-state index in [0.29, 0.717) is 34.9 Å². The van der Waals surface area contributed by atoms with E-state index in [1.807, 2.05) is 42.3 Å². The highest BCUT2D eigenvalue weighted by atomic mass is 31.2. The van der Waals surface area contributed by atoms with Gasteiger partial charge < -0.3 is 55.8 Å². The molecule has 0 aliphatic carbocycles. The van der Waals surface area contributed by atoms with Crippen LogP contribution in [0.4, 0.5) is 0 Å². The first-order valence-corrected chi connectivity index (χ1v) is 43.4. The number of ether oxygens (including phenoxy) is 4. The lowest BCUT2D eigenvalue weighted by molar-refractivity contribution is -0.870. The zero-order valence-corrected chi connectivity index (χ0v) is 67.1. The van der Waals surface area contributed by atoms with Gasteiger partial charge in [-0.25, -0.2) is 0 Å². The third-order valence-corrected chi connectivity index (χ3v) is 19.7. The van der Waals surface area contributed by atoms with Gasteiger partial charge in [0.25, 0.3) is 15.6 Å². The number of carbonyl (C=O) groups is 4. The van der Waals surface area contributed by atoms with E-state index in [4.69, 9.17) is 37.0 Å². The maximum atomic E-state index is 12.6. The maximum Gasteiger partial charge on any atom is 0.306 e. The quantitative estimate of drug-likeness (QED) is 0.0181. The van der Waals surface area contributed by atoms with Crippen molar-refractivity contribution in [3.8, 4) is 0 Å². The molecule has 0 radical (unpaired) electrons. The fraction of sp³-hybridized carbons (Fsp3) is 0.949. The van der Waals surface area contributed by atoms with Crippen LogP contribution in [0, 0.1) is 0 Å². The first-order chi connectivity index (χ1) is 47.0. The summed E-state index contributed by atoms with van der Waals surface area (Å²) in [6.07, 6.45) is 59.6. The second kappa shape index (κ2) is 69.4. The normalized spacial score (nSPS) is 13.7. The molecular weight excluding hydrogens is 1280 g/mol. The minimum Gasteiger partial charge on any atom is -0.756 e. The molecule has 4 atom stereocenters. The number of hydrogen-bond donors (Lipinski definition) is 0. The molecule has 18 nitrogen and oxygen atoms in total. The molecule has 0 saturated carbocycles. The largest absolute Gasteiger partial charge is 0.756 e. The molecule has 0 fully saturated rings. The number of unbranched alkanes of at least 4 members (excludes halogenated alkanes) is 46. The Balaban J connectivity index is 0. The van der Waals surface area contributed by atoms with E-state index in [2.05, 4.69) is 27.7 Å². The van der Waals surface area contributed by atoms with Gasteiger partial charge in [0.1, 0.15) is 39.5 Å². The highest BCUT2D eigenvalue weighted by molar-refractivity contribution is 7.46. The van der Waals surface area contributed by atoms with Crippen molar-refractivity contribution in [1.82, 2.24) is 0 Å². The molecule has 0 heterocycles. The van der Waals surface area contributed by atoms with Crippen LogP contribution < -0.4 is 9.79 Å². The summed E-state index contributed by atoms with van der Waals surface area (Å²) in [5.74, 6) is -1.65. The van der Waals surface area contributed by atoms with E-state index < -0.39 is 53.0 Å². The number of carbonyl (C=O) groups excluding carboxylic acids is 4. The van der Waals surface area contributed by atoms with Crippen LogP contribution in [0.3, 0.4) is 0 Å². The van der Waals surface area contributed by atoms with Crippen LogP contribution in [0.1, 0.15) is 374 Å². The highest BCUT2D eigenvalue weighted by Gasteiger charge is 2.24. The Kier molecular flexibility index (Phi) is 69.4. The molecule has 20 heteroatoms. The Hall–Kier alpha value is -1.98. The van der Waals surface area contributed by atoms with Crippen molar-refractivity contribution in [2.24, 2.45) is 0 Å². The van der Waals surface area contributed by atoms with Crippen LogP contribution in [0.5, 0.6) is 0 Å². The van der Waals surface area contributed by atoms with Crippen LogP contribution in [0.15, 0.2) is 0 Å². The van der Waals surface area contributed by atoms with Gasteiger partial charge in [-0.15, -0.1) is 0 Å². The number of nitrogens with zero attached hydrogens (tertiary/aromatic N) is 2. The first kappa shape index (κ1) is 98.1. The summed E-state index contributed by atoms with van der Waals surface area (Å²) in [6.45, 7) is 8.46. The molecule has 0 saturated heterocycles. The summed E-state index contributed by atoms with van der Waals surface area (Å²) < 4.78 is 67.6. The van der Waals surface area contributed by atoms with Crippen LogP contribution in [0.25, 0.3) is 0 Å². The Morgan fingerprint density at radius 3 is 0.653 bits per heavy atom. The zero-order chi connectivity index (χ0) is 73.0. The van der Waals surface area contributed by atoms with E-state index in [0.717, 1.165) is 64.2 Å². The Morgan fingerprint density at radius 2 is 0.459 bits per heavy atom. The molecular formula is C78H156N2O16P2. The summed E-state index contributed by atoms with van der Waals surface area (Å²) in [5.41, 5.74) is 0. The van der Waals surface area contributed by atoms with Crippen molar-refractivity contribution >= 4 is 39.5 Å². The van der Waals surface area contributed by atoms with Gasteiger partial charge in [-0.2, -0.15) is 0 Å². The number of hydrogen-bond acceptors (Lipinski definition) is 16. The van der Waals surface area contributed by atoms with Gasteiger partial charge in [-0.1, -0.05) is 323 Å². The number of rotatable bonds is 74. The number of quaternary nitrogens is 2. The number of phosphoric acid groups is 2. The lowest BCUT2D eigenvalue weighted by atomic mass is 10.0. The number of likely N-dealkylation sites (N-methyl/N-ethyl adjacent to an activating group) is 2. The Morgan fingerprint density at radius 1 is 0.276 bits per heavy atom. The average molecular weight is 1440 g/mol. The molecule has 0 rings (SSSR count). The average Bonchev–Trinajstić information content (AvgIpc) is 1.17. The molecule has 0 aromatic heterocycles. The Bertz CT molecular complexity index is 1900. The summed E-state index contributed by atoms with van der Waals surface area (Å²) in [4.78, 5) is 74.7. The Labute approximate surface area is 602 Å². The van der Waals surface area contributed by atoms with E-state index in [-0.39, 0.29) is 64.0 Å². The van der Waals surface area contributed by atoms with E-state index >= 15 is 0 Å². The fourth-order valence-corrected chi connectivity index (χ4v) is 12.8. The third kappa shape index (κ3) is 78.2. The van der Waals surface area contributed by atoms with Crippen LogP contribution in [0.2, 0.25) is 0 Å². The summed E-state index contributed by atoms with van der Waals surface area (Å²) in [6, 6.07) is 0. The van der Waals surface area contributed by atoms with Crippen molar-refractivity contribution in [3.05, 3.63) is 0 Å². The van der Waals surface area contributed by atoms with E-state index in [9.17, 15) is 38.1 Å². The van der Waals surface area contributed by atoms with Crippen molar-refractivity contribution in [2.45, 2.75) is 387 Å². The van der Waals surface area contributed by atoms with Gasteiger partial charge in [0.15, 0.2) is 12.2 Å². The molecule has 0 aliphatic rings. The molecule has 584 valence electrons. The van der Waals surface area contributed by atoms with Crippen molar-refractivity contribution in [1.29, 1.82) is 0 Å². The summed E-state index contributed by atoms with van der Waals surface area (Å²) >= 11 is 0. The first-order valence-electron chi connectivity index (χ1n) is 40.5. The highest BCUT2D eigenvalue weighted by Crippen LogP contribution is 2.39. The molecule has 0 aromatic rings. The predicted molar refractivity (Wildman–Crippen MR) is 399 cm³/mol. The predicted octanol–water partition coefficient (Wildman–Crippen LogP) is 20.4. The molecule has 0 N–H and O–H groups in total. The topological polar surface area (TPSA) is 222 Å². The second-order valence-electron chi connectivity index (χ2n) is 30.0. The SMILES string of the molecule is CCCCCCCCCCCCCCCC(=O)O[C@H](COC(=O)CCCCCCCCCCCCC)COP(=O)([O-])OCC[N+](C)(C)C.CCCCCCCCCCCCCCCCCC(=O)O[C@H](COC(=O)CCCCCCCCCCCCC)COP(=O)([O-])OCC[N+](C)(C)C. The summed E-state index contributed by atoms with van der Waals surface area (Å²) in [5, 5.41) is 0. The molecule has 2 unspecified atom stereocenters. The lowest BCUT2D eigenvalue weighted by Gasteiger charge is -2.28. The molecule has 0 bridgehead atoms. The van der Waals surface area contributed by atoms with Crippen molar-refractivity contribution < 1.29 is 84.1 Å². The zero-order valence-electron chi connectivity index (χ0n) is 65.3. The van der Waals surface area contributed by atoms with Crippen molar-refractivity contribution in [3.63, 3.8) is 0 Å². The van der Waals surface area contributed by atoms with Crippen LogP contribution in [-0.4, -0.2) is 140 Å². The molecule has 0 aromatic carbocycles. The monoisotopic (exact) mass is 1440 g/mol. The van der Waals surface area contributed by atoms with Crippen LogP contribution in [-0.2, 0) is 65.4 Å². The fourth-order valence-electron chi connectivity index (χ4n) is 11.3. The molecule has 0 aliphatic heterocycles. The van der Waals surface area contributed by atoms with Gasteiger partial charge in [0.2, 0.25) is 0 Å². The van der Waals surface area contributed by atoms with E-state index in [1.54, 1.807) is 0 Å². The van der Waals surface area contributed by atoms with E-state index in [1.165, 1.54) is 244 Å². The molecule has 98 heavy (non-hydrogen) atoms. The van der Waals surface area contributed by atoms with Gasteiger partial charge >= 0.3 is 23.9 Å². The van der Waals surface area contributed by atoms with Crippen molar-refractivity contribution in [2.75, 3.05) is 95.0 Å². The number of phosphoric ester groups is 2. The maximum absolute atomic E-state index is 12.6. The minimum atomic E-state index is -4.61. The molecule has 0 spiro atoms. The summed E-state index contributed by atoms with van der Waals surface area (Å²) in [7, 11) is 2.36. The van der Waals surface area contributed by atoms with Crippen LogP contribution >= 0.6 is 15.6 Å². The minimum absolute atomic E-state index is 0.0259.